The van der Waals surface area contributed by atoms with E-state index in [1.54, 1.807) is 6.07 Å². The number of rotatable bonds is 1. The van der Waals surface area contributed by atoms with Crippen LogP contribution in [0.5, 0.6) is 0 Å². The van der Waals surface area contributed by atoms with Crippen molar-refractivity contribution in [1.82, 2.24) is 9.58 Å². The van der Waals surface area contributed by atoms with Gasteiger partial charge in [0.05, 0.1) is 18.4 Å². The summed E-state index contributed by atoms with van der Waals surface area (Å²) in [5.74, 6) is 0. The highest BCUT2D eigenvalue weighted by atomic mass is 16.1. The van der Waals surface area contributed by atoms with Crippen LogP contribution in [-0.2, 0) is 6.54 Å². The fourth-order valence-corrected chi connectivity index (χ4v) is 4.52. The molecule has 2 atom stereocenters. The molecule has 4 nitrogen and oxygen atoms in total. The number of nitrogens with zero attached hydrogens (tertiary/aromatic N) is 3. The van der Waals surface area contributed by atoms with E-state index in [1.165, 1.54) is 16.7 Å². The van der Waals surface area contributed by atoms with E-state index in [2.05, 4.69) is 81.3 Å². The Bertz CT molecular complexity index is 1120. The van der Waals surface area contributed by atoms with E-state index in [9.17, 15) is 4.79 Å². The summed E-state index contributed by atoms with van der Waals surface area (Å²) in [6.45, 7) is 4.54. The molecule has 2 unspecified atom stereocenters. The van der Waals surface area contributed by atoms with Crippen molar-refractivity contribution >= 4 is 6.08 Å². The number of aromatic nitrogens is 1. The van der Waals surface area contributed by atoms with Gasteiger partial charge in [-0.3, -0.25) is 19.4 Å². The van der Waals surface area contributed by atoms with Gasteiger partial charge in [0, 0.05) is 30.9 Å². The summed E-state index contributed by atoms with van der Waals surface area (Å²) in [6.07, 6.45) is 7.47. The van der Waals surface area contributed by atoms with Gasteiger partial charge < -0.3 is 0 Å². The molecule has 2 aliphatic rings. The number of hydrogen-bond acceptors (Lipinski definition) is 3. The number of hydrogen-bond donors (Lipinski definition) is 0. The molecule has 2 bridgehead atoms. The number of fused-ring (bicyclic) bond motifs is 5. The molecule has 0 amide bonds. The van der Waals surface area contributed by atoms with Crippen LogP contribution in [0.15, 0.2) is 77.7 Å². The second kappa shape index (κ2) is 7.37. The second-order valence-corrected chi connectivity index (χ2v) is 7.86. The Morgan fingerprint density at radius 3 is 2.62 bits per heavy atom. The third kappa shape index (κ3) is 3.19. The topological polar surface area (TPSA) is 28.5 Å². The molecule has 0 N–H and O–H groups in total. The van der Waals surface area contributed by atoms with E-state index < -0.39 is 0 Å². The predicted molar refractivity (Wildman–Crippen MR) is 117 cm³/mol. The maximum Gasteiger partial charge on any atom is 0.184 e. The highest BCUT2D eigenvalue weighted by Gasteiger charge is 2.31. The average Bonchev–Trinajstić information content (AvgIpc) is 2.76. The lowest BCUT2D eigenvalue weighted by molar-refractivity contribution is 0.200. The zero-order valence-corrected chi connectivity index (χ0v) is 16.7. The molecule has 0 saturated carbocycles. The molecule has 2 aliphatic heterocycles. The van der Waals surface area contributed by atoms with Gasteiger partial charge >= 0.3 is 0 Å². The van der Waals surface area contributed by atoms with Crippen molar-refractivity contribution in [2.75, 3.05) is 18.2 Å². The van der Waals surface area contributed by atoms with Gasteiger partial charge in [0.2, 0.25) is 0 Å². The predicted octanol–water partition coefficient (Wildman–Crippen LogP) is 4.07. The zero-order chi connectivity index (χ0) is 19.8. The van der Waals surface area contributed by atoms with Crippen molar-refractivity contribution in [3.05, 3.63) is 111 Å². The molecule has 2 aromatic carbocycles. The summed E-state index contributed by atoms with van der Waals surface area (Å²) >= 11 is 0. The molecular weight excluding hydrogens is 358 g/mol. The Hall–Kier alpha value is -3.11. The number of pyridine rings is 1. The molecule has 0 spiro atoms. The van der Waals surface area contributed by atoms with E-state index >= 15 is 0 Å². The highest BCUT2D eigenvalue weighted by molar-refractivity contribution is 5.57. The molecule has 146 valence electrons. The van der Waals surface area contributed by atoms with Crippen molar-refractivity contribution in [3.63, 3.8) is 0 Å². The summed E-state index contributed by atoms with van der Waals surface area (Å²) in [5.41, 5.74) is 5.82. The van der Waals surface area contributed by atoms with Crippen LogP contribution < -0.4 is 10.4 Å². The van der Waals surface area contributed by atoms with E-state index in [0.29, 0.717) is 0 Å². The molecule has 1 aromatic heterocycles. The Labute approximate surface area is 171 Å². The summed E-state index contributed by atoms with van der Waals surface area (Å²) in [6, 6.07) is 21.1. The van der Waals surface area contributed by atoms with Gasteiger partial charge in [-0.2, -0.15) is 0 Å². The smallest absolute Gasteiger partial charge is 0.184 e. The third-order valence-corrected chi connectivity index (χ3v) is 6.05. The van der Waals surface area contributed by atoms with E-state index in [4.69, 9.17) is 0 Å². The normalized spacial score (nSPS) is 21.8. The first-order valence-corrected chi connectivity index (χ1v) is 10.2. The van der Waals surface area contributed by atoms with E-state index in [0.717, 1.165) is 37.4 Å². The largest absolute Gasteiger partial charge is 0.290 e. The molecule has 3 aromatic rings. The molecule has 4 heteroatoms. The minimum Gasteiger partial charge on any atom is -0.290 e. The Morgan fingerprint density at radius 1 is 0.966 bits per heavy atom. The van der Waals surface area contributed by atoms with Crippen LogP contribution in [0.25, 0.3) is 6.08 Å². The van der Waals surface area contributed by atoms with Crippen molar-refractivity contribution in [2.45, 2.75) is 25.9 Å². The van der Waals surface area contributed by atoms with Crippen LogP contribution in [0.4, 0.5) is 0 Å². The van der Waals surface area contributed by atoms with Crippen LogP contribution in [0.3, 0.4) is 0 Å². The first-order chi connectivity index (χ1) is 14.2. The Balaban J connectivity index is 1.78. The Kier molecular flexibility index (Phi) is 4.57. The van der Waals surface area contributed by atoms with E-state index in [1.807, 2.05) is 13.1 Å². The molecule has 0 aliphatic carbocycles. The summed E-state index contributed by atoms with van der Waals surface area (Å²) in [5, 5.41) is 2.40. The maximum absolute atomic E-state index is 12.4. The van der Waals surface area contributed by atoms with Crippen LogP contribution in [-0.4, -0.2) is 22.8 Å². The Morgan fingerprint density at radius 2 is 1.76 bits per heavy atom. The van der Waals surface area contributed by atoms with Gasteiger partial charge in [0.25, 0.3) is 0 Å². The first-order valence-electron chi connectivity index (χ1n) is 10.2. The zero-order valence-electron chi connectivity index (χ0n) is 16.7. The van der Waals surface area contributed by atoms with Crippen molar-refractivity contribution in [1.29, 1.82) is 0 Å². The summed E-state index contributed by atoms with van der Waals surface area (Å²) in [7, 11) is 0. The molecule has 0 radical (unpaired) electrons. The lowest BCUT2D eigenvalue weighted by atomic mass is 9.93. The summed E-state index contributed by atoms with van der Waals surface area (Å²) in [4.78, 5) is 14.8. The van der Waals surface area contributed by atoms with E-state index in [-0.39, 0.29) is 11.5 Å². The fourth-order valence-electron chi connectivity index (χ4n) is 4.52. The quantitative estimate of drug-likeness (QED) is 0.634. The van der Waals surface area contributed by atoms with Gasteiger partial charge in [-0.05, 0) is 30.0 Å². The minimum atomic E-state index is 0.0543. The molecular formula is C25H25N3O. The minimum absolute atomic E-state index is 0.0543. The van der Waals surface area contributed by atoms with Gasteiger partial charge in [-0.1, -0.05) is 66.7 Å². The van der Waals surface area contributed by atoms with Gasteiger partial charge in [0.1, 0.15) is 0 Å². The first kappa shape index (κ1) is 18.0. The summed E-state index contributed by atoms with van der Waals surface area (Å²) < 4.78 is 2.22. The molecule has 0 saturated heterocycles. The van der Waals surface area contributed by atoms with Gasteiger partial charge in [-0.15, -0.1) is 0 Å². The lowest BCUT2D eigenvalue weighted by Crippen LogP contribution is -2.53. The fraction of sp³-hybridized carbons (Fsp3) is 0.240. The van der Waals surface area contributed by atoms with Crippen molar-refractivity contribution < 1.29 is 0 Å². The van der Waals surface area contributed by atoms with Crippen LogP contribution in [0.2, 0.25) is 0 Å². The van der Waals surface area contributed by atoms with Crippen molar-refractivity contribution in [3.8, 4) is 0 Å². The number of benzene rings is 2. The molecule has 5 rings (SSSR count). The molecule has 0 fully saturated rings. The van der Waals surface area contributed by atoms with Crippen LogP contribution in [0.1, 0.15) is 40.4 Å². The molecule has 3 heterocycles. The monoisotopic (exact) mass is 383 g/mol. The highest BCUT2D eigenvalue weighted by Crippen LogP contribution is 2.34. The SMILES string of the molecule is Cc1c2n(ccc1=O)N1CN(CC/C=C\c3ccccc3C1c1ccccc1)C2. The lowest BCUT2D eigenvalue weighted by Gasteiger charge is -2.45. The second-order valence-electron chi connectivity index (χ2n) is 7.86. The van der Waals surface area contributed by atoms with Crippen LogP contribution >= 0.6 is 0 Å². The maximum atomic E-state index is 12.4. The van der Waals surface area contributed by atoms with Crippen molar-refractivity contribution in [2.24, 2.45) is 0 Å². The third-order valence-electron chi connectivity index (χ3n) is 6.05. The molecule has 29 heavy (non-hydrogen) atoms. The average molecular weight is 383 g/mol. The van der Waals surface area contributed by atoms with Gasteiger partial charge in [0.15, 0.2) is 5.43 Å². The standard InChI is InChI=1S/C25H25N3O/c1-19-23-17-26-15-8-7-10-20-9-5-6-13-22(20)25(21-11-3-2-4-12-21)28(18-26)27(23)16-14-24(19)29/h2-7,9-14,16,25H,8,15,17-18H2,1H3/b10-7-. The van der Waals surface area contributed by atoms with Gasteiger partial charge in [-0.25, -0.2) is 0 Å². The van der Waals surface area contributed by atoms with Crippen LogP contribution in [0, 0.1) is 6.92 Å².